The van der Waals surface area contributed by atoms with Gasteiger partial charge in [0.15, 0.2) is 0 Å². The number of hydrogen-bond acceptors (Lipinski definition) is 6. The zero-order valence-corrected chi connectivity index (χ0v) is 19.7. The van der Waals surface area contributed by atoms with Gasteiger partial charge >= 0.3 is 18.0 Å². The second kappa shape index (κ2) is 9.32. The van der Waals surface area contributed by atoms with Crippen LogP contribution in [0.1, 0.15) is 69.4 Å². The van der Waals surface area contributed by atoms with Gasteiger partial charge in [0.25, 0.3) is 5.56 Å². The summed E-state index contributed by atoms with van der Waals surface area (Å²) in [5.74, 6) is 0. The number of nitrogens with zero attached hydrogens (tertiary/aromatic N) is 3. The fourth-order valence-corrected chi connectivity index (χ4v) is 5.06. The van der Waals surface area contributed by atoms with Crippen LogP contribution < -0.4 is 16.7 Å². The predicted octanol–water partition coefficient (Wildman–Crippen LogP) is 4.46. The first-order chi connectivity index (χ1) is 15.3. The molecule has 3 rings (SSSR count). The quantitative estimate of drug-likeness (QED) is 0.497. The van der Waals surface area contributed by atoms with E-state index >= 15 is 0 Å². The maximum atomic E-state index is 13.3. The number of hydrogen-bond donors (Lipinski definition) is 1. The Hall–Kier alpha value is -2.63. The average molecular weight is 489 g/mol. The van der Waals surface area contributed by atoms with Gasteiger partial charge < -0.3 is 4.74 Å². The van der Waals surface area contributed by atoms with Crippen molar-refractivity contribution in [2.45, 2.75) is 84.2 Å². The molecule has 0 atom stereocenters. The lowest BCUT2D eigenvalue weighted by Gasteiger charge is -2.18. The minimum atomic E-state index is -4.45. The topological polar surface area (TPSA) is 94.7 Å². The monoisotopic (exact) mass is 488 g/mol. The highest BCUT2D eigenvalue weighted by atomic mass is 32.1. The highest BCUT2D eigenvalue weighted by Gasteiger charge is 2.30. The summed E-state index contributed by atoms with van der Waals surface area (Å²) < 4.78 is 46.1. The summed E-state index contributed by atoms with van der Waals surface area (Å²) in [6, 6.07) is -0.322. The van der Waals surface area contributed by atoms with Gasteiger partial charge in [0.05, 0.1) is 22.9 Å². The summed E-state index contributed by atoms with van der Waals surface area (Å²) in [4.78, 5) is 38.8. The molecule has 0 aromatic carbocycles. The fourth-order valence-electron chi connectivity index (χ4n) is 3.87. The maximum Gasteiger partial charge on any atom is 0.428 e. The van der Waals surface area contributed by atoms with Crippen molar-refractivity contribution in [3.05, 3.63) is 31.3 Å². The van der Waals surface area contributed by atoms with Crippen LogP contribution in [0.4, 0.5) is 18.0 Å². The van der Waals surface area contributed by atoms with E-state index in [0.717, 1.165) is 33.3 Å². The Morgan fingerprint density at radius 1 is 1.24 bits per heavy atom. The van der Waals surface area contributed by atoms with Crippen molar-refractivity contribution in [2.24, 2.45) is 5.10 Å². The van der Waals surface area contributed by atoms with Crippen LogP contribution in [0.5, 0.6) is 0 Å². The largest absolute Gasteiger partial charge is 0.443 e. The first kappa shape index (κ1) is 25.0. The van der Waals surface area contributed by atoms with Crippen LogP contribution in [0, 0.1) is 6.92 Å². The number of amides is 1. The van der Waals surface area contributed by atoms with Crippen LogP contribution >= 0.6 is 11.3 Å². The van der Waals surface area contributed by atoms with E-state index in [4.69, 9.17) is 4.74 Å². The van der Waals surface area contributed by atoms with Crippen molar-refractivity contribution in [1.82, 2.24) is 14.6 Å². The van der Waals surface area contributed by atoms with Crippen molar-refractivity contribution in [1.29, 1.82) is 0 Å². The number of carbonyl (C=O) groups excluding carboxylic acids is 1. The molecule has 182 valence electrons. The molecule has 0 bridgehead atoms. The Morgan fingerprint density at radius 2 is 1.88 bits per heavy atom. The van der Waals surface area contributed by atoms with Crippen molar-refractivity contribution in [3.63, 3.8) is 0 Å². The van der Waals surface area contributed by atoms with Crippen molar-refractivity contribution in [2.75, 3.05) is 0 Å². The number of aromatic nitrogens is 2. The molecular formula is C21H27F3N4O4S. The minimum Gasteiger partial charge on any atom is -0.443 e. The van der Waals surface area contributed by atoms with Gasteiger partial charge in [-0.15, -0.1) is 11.3 Å². The highest BCUT2D eigenvalue weighted by Crippen LogP contribution is 2.31. The molecule has 1 amide bonds. The van der Waals surface area contributed by atoms with E-state index in [0.29, 0.717) is 23.3 Å². The molecular weight excluding hydrogens is 461 g/mol. The van der Waals surface area contributed by atoms with Crippen LogP contribution in [-0.4, -0.2) is 33.2 Å². The van der Waals surface area contributed by atoms with E-state index in [9.17, 15) is 27.6 Å². The molecule has 0 radical (unpaired) electrons. The van der Waals surface area contributed by atoms with Crippen molar-refractivity contribution < 1.29 is 22.7 Å². The molecule has 1 fully saturated rings. The summed E-state index contributed by atoms with van der Waals surface area (Å²) in [6.07, 6.45) is -2.14. The van der Waals surface area contributed by atoms with Gasteiger partial charge in [0.2, 0.25) is 0 Å². The number of fused-ring (bicyclic) bond motifs is 1. The minimum absolute atomic E-state index is 0.166. The normalized spacial score (nSPS) is 15.6. The highest BCUT2D eigenvalue weighted by molar-refractivity contribution is 7.20. The summed E-state index contributed by atoms with van der Waals surface area (Å²) in [5.41, 5.74) is 0.765. The van der Waals surface area contributed by atoms with Gasteiger partial charge in [-0.3, -0.25) is 13.9 Å². The number of halogens is 3. The Labute approximate surface area is 192 Å². The number of rotatable bonds is 5. The molecule has 2 aromatic heterocycles. The van der Waals surface area contributed by atoms with E-state index in [2.05, 4.69) is 10.5 Å². The molecule has 1 N–H and O–H groups in total. The summed E-state index contributed by atoms with van der Waals surface area (Å²) >= 11 is 0.986. The lowest BCUT2D eigenvalue weighted by atomic mass is 10.2. The molecule has 33 heavy (non-hydrogen) atoms. The number of hydrazone groups is 1. The Balaban J connectivity index is 2.06. The zero-order chi connectivity index (χ0) is 24.6. The molecule has 0 unspecified atom stereocenters. The smallest absolute Gasteiger partial charge is 0.428 e. The van der Waals surface area contributed by atoms with Crippen LogP contribution in [0.15, 0.2) is 14.7 Å². The fraction of sp³-hybridized carbons (Fsp3) is 0.619. The third-order valence-electron chi connectivity index (χ3n) is 5.33. The van der Waals surface area contributed by atoms with Crippen molar-refractivity contribution >= 4 is 33.9 Å². The molecule has 8 nitrogen and oxygen atoms in total. The van der Waals surface area contributed by atoms with Crippen LogP contribution in [0.3, 0.4) is 0 Å². The number of ether oxygens (including phenoxy) is 1. The van der Waals surface area contributed by atoms with E-state index in [1.807, 2.05) is 0 Å². The molecule has 0 saturated heterocycles. The van der Waals surface area contributed by atoms with E-state index in [1.165, 1.54) is 6.21 Å². The Bertz CT molecular complexity index is 1180. The summed E-state index contributed by atoms with van der Waals surface area (Å²) in [7, 11) is 0. The summed E-state index contributed by atoms with van der Waals surface area (Å²) in [6.45, 7) is 6.15. The number of nitrogens with one attached hydrogen (secondary N) is 1. The van der Waals surface area contributed by atoms with Gasteiger partial charge in [-0.2, -0.15) is 18.3 Å². The second-order valence-electron chi connectivity index (χ2n) is 9.06. The van der Waals surface area contributed by atoms with E-state index in [-0.39, 0.29) is 16.3 Å². The zero-order valence-electron chi connectivity index (χ0n) is 18.9. The van der Waals surface area contributed by atoms with Gasteiger partial charge in [0, 0.05) is 12.6 Å². The van der Waals surface area contributed by atoms with Crippen LogP contribution in [0.25, 0.3) is 10.2 Å². The Morgan fingerprint density at radius 3 is 2.45 bits per heavy atom. The van der Waals surface area contributed by atoms with Crippen LogP contribution in [-0.2, 0) is 11.3 Å². The van der Waals surface area contributed by atoms with Gasteiger partial charge in [-0.05, 0) is 46.1 Å². The lowest BCUT2D eigenvalue weighted by Crippen LogP contribution is -2.42. The molecule has 0 aliphatic heterocycles. The third-order valence-corrected chi connectivity index (χ3v) is 6.57. The molecule has 0 spiro atoms. The molecule has 2 aromatic rings. The number of thiophene rings is 1. The second-order valence-corrected chi connectivity index (χ2v) is 10.1. The third kappa shape index (κ3) is 5.84. The van der Waals surface area contributed by atoms with Crippen LogP contribution in [0.2, 0.25) is 0 Å². The molecule has 1 aliphatic rings. The van der Waals surface area contributed by atoms with E-state index < -0.39 is 42.1 Å². The van der Waals surface area contributed by atoms with Crippen molar-refractivity contribution in [3.8, 4) is 0 Å². The predicted molar refractivity (Wildman–Crippen MR) is 120 cm³/mol. The summed E-state index contributed by atoms with van der Waals surface area (Å²) in [5, 5.41) is 4.03. The van der Waals surface area contributed by atoms with Gasteiger partial charge in [-0.1, -0.05) is 12.8 Å². The van der Waals surface area contributed by atoms with E-state index in [1.54, 1.807) is 27.7 Å². The first-order valence-electron chi connectivity index (χ1n) is 10.7. The standard InChI is InChI=1S/C21H27F3N4O4S/c1-12-14(11-25-26-18(30)32-20(2,3)4)33-17-15(12)16(29)28(13-7-5-6-8-13)19(31)27(17)10-9-21(22,23)24/h11,13H,5-10H2,1-4H3,(H,26,30). The number of alkyl halides is 3. The van der Waals surface area contributed by atoms with Gasteiger partial charge in [-0.25, -0.2) is 15.0 Å². The SMILES string of the molecule is Cc1c(C=NNC(=O)OC(C)(C)C)sc2c1c(=O)n(C1CCCC1)c(=O)n2CCC(F)(F)F. The van der Waals surface area contributed by atoms with Gasteiger partial charge in [0.1, 0.15) is 10.4 Å². The molecule has 12 heteroatoms. The average Bonchev–Trinajstić information content (AvgIpc) is 3.28. The Kier molecular flexibility index (Phi) is 7.06. The molecule has 1 saturated carbocycles. The first-order valence-corrected chi connectivity index (χ1v) is 11.5. The molecule has 1 aliphatic carbocycles. The lowest BCUT2D eigenvalue weighted by molar-refractivity contribution is -0.136. The maximum absolute atomic E-state index is 13.3. The number of aryl methyl sites for hydroxylation is 2. The molecule has 2 heterocycles. The number of carbonyl (C=O) groups is 1.